The topological polar surface area (TPSA) is 42.7 Å². The highest BCUT2D eigenvalue weighted by Crippen LogP contribution is 2.39. The molecule has 29 heavy (non-hydrogen) atoms. The van der Waals surface area contributed by atoms with E-state index in [0.29, 0.717) is 0 Å². The Morgan fingerprint density at radius 1 is 1.07 bits per heavy atom. The van der Waals surface area contributed by atoms with E-state index in [2.05, 4.69) is 34.1 Å². The number of aromatic nitrogens is 2. The van der Waals surface area contributed by atoms with Gasteiger partial charge >= 0.3 is 0 Å². The fourth-order valence-electron chi connectivity index (χ4n) is 4.68. The van der Waals surface area contributed by atoms with Crippen molar-refractivity contribution in [1.82, 2.24) is 9.97 Å². The molecule has 152 valence electrons. The lowest BCUT2D eigenvalue weighted by atomic mass is 9.97. The number of nitrogens with one attached hydrogen (secondary N) is 1. The van der Waals surface area contributed by atoms with Crippen LogP contribution < -0.4 is 14.5 Å². The predicted molar refractivity (Wildman–Crippen MR) is 118 cm³/mol. The Hall–Kier alpha value is -2.18. The van der Waals surface area contributed by atoms with Crippen molar-refractivity contribution in [1.29, 1.82) is 0 Å². The van der Waals surface area contributed by atoms with Crippen LogP contribution in [0.15, 0.2) is 30.6 Å². The van der Waals surface area contributed by atoms with Crippen molar-refractivity contribution in [3.8, 4) is 5.75 Å². The lowest BCUT2D eigenvalue weighted by Crippen LogP contribution is -3.13. The van der Waals surface area contributed by atoms with Gasteiger partial charge in [0.1, 0.15) is 29.3 Å². The van der Waals surface area contributed by atoms with Crippen LogP contribution in [0.25, 0.3) is 10.2 Å². The molecule has 1 aliphatic heterocycles. The molecule has 2 aliphatic rings. The van der Waals surface area contributed by atoms with Crippen molar-refractivity contribution in [3.05, 3.63) is 46.6 Å². The molecule has 0 radical (unpaired) electrons. The summed E-state index contributed by atoms with van der Waals surface area (Å²) in [5.74, 6) is 2.14. The van der Waals surface area contributed by atoms with E-state index in [1.807, 2.05) is 18.3 Å². The van der Waals surface area contributed by atoms with Crippen LogP contribution in [0.1, 0.15) is 35.8 Å². The fraction of sp³-hybridized carbons (Fsp3) is 0.478. The second-order valence-corrected chi connectivity index (χ2v) is 9.16. The number of benzene rings is 1. The fourth-order valence-corrected chi connectivity index (χ4v) is 5.91. The molecule has 0 spiro atoms. The summed E-state index contributed by atoms with van der Waals surface area (Å²) in [6, 6.07) is 8.59. The zero-order chi connectivity index (χ0) is 19.6. The number of aryl methyl sites for hydroxylation is 2. The maximum atomic E-state index is 5.56. The molecule has 1 saturated heterocycles. The van der Waals surface area contributed by atoms with Crippen LogP contribution >= 0.6 is 11.3 Å². The molecule has 0 unspecified atom stereocenters. The maximum Gasteiger partial charge on any atom is 0.141 e. The average molecular weight is 410 g/mol. The first-order chi connectivity index (χ1) is 14.3. The molecule has 0 bridgehead atoms. The minimum absolute atomic E-state index is 0.718. The van der Waals surface area contributed by atoms with Gasteiger partial charge in [-0.3, -0.25) is 0 Å². The highest BCUT2D eigenvalue weighted by atomic mass is 32.1. The van der Waals surface area contributed by atoms with Gasteiger partial charge in [0, 0.05) is 10.4 Å². The number of anilines is 1. The molecule has 0 atom stereocenters. The van der Waals surface area contributed by atoms with Crippen molar-refractivity contribution in [2.24, 2.45) is 0 Å². The van der Waals surface area contributed by atoms with Gasteiger partial charge in [-0.15, -0.1) is 11.3 Å². The number of piperazine rings is 1. The highest BCUT2D eigenvalue weighted by molar-refractivity contribution is 7.19. The Labute approximate surface area is 176 Å². The van der Waals surface area contributed by atoms with Crippen LogP contribution in [0.2, 0.25) is 0 Å². The third kappa shape index (κ3) is 3.83. The number of nitrogens with zero attached hydrogens (tertiary/aromatic N) is 3. The monoisotopic (exact) mass is 409 g/mol. The minimum Gasteiger partial charge on any atom is -0.494 e. The summed E-state index contributed by atoms with van der Waals surface area (Å²) in [7, 11) is 0. The number of hydrogen-bond donors (Lipinski definition) is 1. The van der Waals surface area contributed by atoms with Crippen molar-refractivity contribution in [2.75, 3.05) is 37.7 Å². The first-order valence-corrected chi connectivity index (χ1v) is 11.7. The van der Waals surface area contributed by atoms with Gasteiger partial charge in [-0.2, -0.15) is 0 Å². The van der Waals surface area contributed by atoms with Crippen molar-refractivity contribution < 1.29 is 9.64 Å². The smallest absolute Gasteiger partial charge is 0.141 e. The second-order valence-electron chi connectivity index (χ2n) is 8.08. The molecule has 1 fully saturated rings. The number of quaternary nitrogens is 1. The number of hydrogen-bond acceptors (Lipinski definition) is 5. The van der Waals surface area contributed by atoms with Gasteiger partial charge in [0.25, 0.3) is 0 Å². The van der Waals surface area contributed by atoms with Gasteiger partial charge in [0.15, 0.2) is 0 Å². The zero-order valence-corrected chi connectivity index (χ0v) is 17.9. The van der Waals surface area contributed by atoms with Gasteiger partial charge in [-0.05, 0) is 62.4 Å². The van der Waals surface area contributed by atoms with E-state index in [4.69, 9.17) is 9.72 Å². The van der Waals surface area contributed by atoms with Gasteiger partial charge in [-0.1, -0.05) is 0 Å². The summed E-state index contributed by atoms with van der Waals surface area (Å²) in [6.07, 6.45) is 6.79. The van der Waals surface area contributed by atoms with Gasteiger partial charge in [0.2, 0.25) is 0 Å². The van der Waals surface area contributed by atoms with E-state index in [-0.39, 0.29) is 0 Å². The Kier molecular flexibility index (Phi) is 5.38. The molecule has 6 heteroatoms. The molecule has 0 saturated carbocycles. The summed E-state index contributed by atoms with van der Waals surface area (Å²) in [5.41, 5.74) is 2.92. The molecule has 3 heterocycles. The molecule has 1 N–H and O–H groups in total. The highest BCUT2D eigenvalue weighted by Gasteiger charge is 2.26. The van der Waals surface area contributed by atoms with Crippen molar-refractivity contribution in [2.45, 2.75) is 39.2 Å². The Morgan fingerprint density at radius 3 is 2.66 bits per heavy atom. The van der Waals surface area contributed by atoms with E-state index < -0.39 is 0 Å². The van der Waals surface area contributed by atoms with Crippen molar-refractivity contribution in [3.63, 3.8) is 0 Å². The normalized spacial score (nSPS) is 17.5. The lowest BCUT2D eigenvalue weighted by molar-refractivity contribution is -0.914. The molecular formula is C23H29N4OS+. The van der Waals surface area contributed by atoms with Crippen LogP contribution in [0, 0.1) is 0 Å². The maximum absolute atomic E-state index is 5.56. The molecule has 2 aromatic heterocycles. The van der Waals surface area contributed by atoms with E-state index in [9.17, 15) is 0 Å². The SMILES string of the molecule is CCOc1ccc(C[NH+]2CCN(c3ncnc4sc5c(c34)CCCC5)CC2)cc1. The van der Waals surface area contributed by atoms with E-state index in [1.54, 1.807) is 16.1 Å². The number of ether oxygens (including phenoxy) is 1. The molecule has 3 aromatic rings. The van der Waals surface area contributed by atoms with Crippen molar-refractivity contribution >= 4 is 27.4 Å². The first kappa shape index (κ1) is 18.8. The van der Waals surface area contributed by atoms with E-state index in [1.165, 1.54) is 52.8 Å². The van der Waals surface area contributed by atoms with Crippen LogP contribution in [0.4, 0.5) is 5.82 Å². The van der Waals surface area contributed by atoms with Gasteiger partial charge < -0.3 is 14.5 Å². The van der Waals surface area contributed by atoms with Crippen LogP contribution in [-0.4, -0.2) is 42.8 Å². The Bertz CT molecular complexity index is 976. The minimum atomic E-state index is 0.718. The van der Waals surface area contributed by atoms with Crippen LogP contribution in [0.5, 0.6) is 5.75 Å². The van der Waals surface area contributed by atoms with E-state index in [0.717, 1.165) is 45.1 Å². The standard InChI is InChI=1S/C23H28N4OS/c1-2-28-18-9-7-17(8-10-18)15-26-11-13-27(14-12-26)22-21-19-5-3-4-6-20(19)29-23(21)25-16-24-22/h7-10,16H,2-6,11-15H2,1H3/p+1. The molecule has 0 amide bonds. The van der Waals surface area contributed by atoms with Gasteiger partial charge in [0.05, 0.1) is 38.2 Å². The summed E-state index contributed by atoms with van der Waals surface area (Å²) in [4.78, 5) is 16.2. The van der Waals surface area contributed by atoms with Gasteiger partial charge in [-0.25, -0.2) is 9.97 Å². The predicted octanol–water partition coefficient (Wildman–Crippen LogP) is 2.87. The first-order valence-electron chi connectivity index (χ1n) is 10.9. The third-order valence-electron chi connectivity index (χ3n) is 6.19. The third-order valence-corrected chi connectivity index (χ3v) is 7.39. The summed E-state index contributed by atoms with van der Waals surface area (Å²) < 4.78 is 5.56. The lowest BCUT2D eigenvalue weighted by Gasteiger charge is -2.33. The summed E-state index contributed by atoms with van der Waals surface area (Å²) in [5, 5.41) is 1.35. The molecule has 5 rings (SSSR count). The van der Waals surface area contributed by atoms with E-state index >= 15 is 0 Å². The summed E-state index contributed by atoms with van der Waals surface area (Å²) in [6.45, 7) is 8.22. The van der Waals surface area contributed by atoms with Crippen LogP contribution in [-0.2, 0) is 19.4 Å². The largest absolute Gasteiger partial charge is 0.494 e. The zero-order valence-electron chi connectivity index (χ0n) is 17.1. The molecule has 5 nitrogen and oxygen atoms in total. The number of rotatable bonds is 5. The molecule has 1 aliphatic carbocycles. The average Bonchev–Trinajstić information content (AvgIpc) is 3.15. The number of fused-ring (bicyclic) bond motifs is 3. The van der Waals surface area contributed by atoms with Crippen LogP contribution in [0.3, 0.4) is 0 Å². The Balaban J connectivity index is 1.28. The molecular weight excluding hydrogens is 380 g/mol. The number of thiophene rings is 1. The summed E-state index contributed by atoms with van der Waals surface area (Å²) >= 11 is 1.89. The quantitative estimate of drug-likeness (QED) is 0.704. The Morgan fingerprint density at radius 2 is 1.86 bits per heavy atom. The molecule has 1 aromatic carbocycles. The second kappa shape index (κ2) is 8.28.